The lowest BCUT2D eigenvalue weighted by atomic mass is 9.89. The SMILES string of the molecule is COc1ccc(F)c(/C=C/B2OC(C)(C)C(C)(C)O2)n1. The molecule has 0 aliphatic carbocycles. The molecule has 1 aromatic heterocycles. The molecule has 0 radical (unpaired) electrons. The van der Waals surface area contributed by atoms with Crippen molar-refractivity contribution in [2.75, 3.05) is 7.11 Å². The van der Waals surface area contributed by atoms with Gasteiger partial charge in [-0.3, -0.25) is 0 Å². The molecule has 0 unspecified atom stereocenters. The van der Waals surface area contributed by atoms with Gasteiger partial charge in [0.1, 0.15) is 11.5 Å². The maximum Gasteiger partial charge on any atom is 0.487 e. The molecule has 0 amide bonds. The van der Waals surface area contributed by atoms with Gasteiger partial charge in [0.2, 0.25) is 5.88 Å². The maximum absolute atomic E-state index is 13.6. The summed E-state index contributed by atoms with van der Waals surface area (Å²) in [6.07, 6.45) is 1.54. The fourth-order valence-electron chi connectivity index (χ4n) is 1.81. The highest BCUT2D eigenvalue weighted by molar-refractivity contribution is 6.52. The first kappa shape index (κ1) is 15.0. The van der Waals surface area contributed by atoms with Crippen molar-refractivity contribution in [3.63, 3.8) is 0 Å². The van der Waals surface area contributed by atoms with Crippen LogP contribution in [0.5, 0.6) is 5.88 Å². The molecule has 1 fully saturated rings. The topological polar surface area (TPSA) is 40.6 Å². The van der Waals surface area contributed by atoms with Crippen LogP contribution in [0.1, 0.15) is 33.4 Å². The summed E-state index contributed by atoms with van der Waals surface area (Å²) in [5, 5.41) is 0. The lowest BCUT2D eigenvalue weighted by Crippen LogP contribution is -2.41. The van der Waals surface area contributed by atoms with Crippen molar-refractivity contribution in [1.29, 1.82) is 0 Å². The van der Waals surface area contributed by atoms with Crippen LogP contribution in [0.15, 0.2) is 18.1 Å². The fraction of sp³-hybridized carbons (Fsp3) is 0.500. The summed E-state index contributed by atoms with van der Waals surface area (Å²) in [4.78, 5) is 4.03. The Morgan fingerprint density at radius 1 is 1.20 bits per heavy atom. The monoisotopic (exact) mass is 279 g/mol. The van der Waals surface area contributed by atoms with Crippen LogP contribution in [-0.2, 0) is 9.31 Å². The Hall–Kier alpha value is -1.40. The zero-order chi connectivity index (χ0) is 15.0. The van der Waals surface area contributed by atoms with Crippen molar-refractivity contribution in [2.45, 2.75) is 38.9 Å². The fourth-order valence-corrected chi connectivity index (χ4v) is 1.81. The Morgan fingerprint density at radius 3 is 2.35 bits per heavy atom. The number of nitrogens with zero attached hydrogens (tertiary/aromatic N) is 1. The number of aromatic nitrogens is 1. The van der Waals surface area contributed by atoms with E-state index in [0.29, 0.717) is 5.88 Å². The van der Waals surface area contributed by atoms with Crippen LogP contribution in [-0.4, -0.2) is 30.4 Å². The molecule has 0 N–H and O–H groups in total. The molecule has 1 saturated heterocycles. The predicted molar refractivity (Wildman–Crippen MR) is 75.9 cm³/mol. The van der Waals surface area contributed by atoms with Gasteiger partial charge in [0.25, 0.3) is 0 Å². The second-order valence-electron chi connectivity index (χ2n) is 5.70. The molecule has 4 nitrogen and oxygen atoms in total. The van der Waals surface area contributed by atoms with Gasteiger partial charge in [0.15, 0.2) is 0 Å². The third-order valence-electron chi connectivity index (χ3n) is 3.74. The van der Waals surface area contributed by atoms with Gasteiger partial charge < -0.3 is 14.0 Å². The lowest BCUT2D eigenvalue weighted by Gasteiger charge is -2.32. The minimum absolute atomic E-state index is 0.194. The van der Waals surface area contributed by atoms with Crippen LogP contribution in [0.2, 0.25) is 0 Å². The Bertz CT molecular complexity index is 515. The van der Waals surface area contributed by atoms with Gasteiger partial charge in [-0.2, -0.15) is 0 Å². The number of methoxy groups -OCH3 is 1. The summed E-state index contributed by atoms with van der Waals surface area (Å²) in [6.45, 7) is 7.85. The Labute approximate surface area is 119 Å². The normalized spacial score (nSPS) is 20.6. The van der Waals surface area contributed by atoms with Gasteiger partial charge in [0.05, 0.1) is 18.3 Å². The number of rotatable bonds is 3. The first-order valence-corrected chi connectivity index (χ1v) is 6.49. The van der Waals surface area contributed by atoms with E-state index in [1.54, 1.807) is 12.1 Å². The molecular weight excluding hydrogens is 260 g/mol. The molecular formula is C14H19BFNO3. The molecule has 108 valence electrons. The number of ether oxygens (including phenoxy) is 1. The van der Waals surface area contributed by atoms with Crippen molar-refractivity contribution in [3.05, 3.63) is 29.6 Å². The number of hydrogen-bond acceptors (Lipinski definition) is 4. The average Bonchev–Trinajstić information content (AvgIpc) is 2.57. The zero-order valence-corrected chi connectivity index (χ0v) is 12.4. The van der Waals surface area contributed by atoms with Crippen molar-refractivity contribution in [1.82, 2.24) is 4.98 Å². The van der Waals surface area contributed by atoms with Crippen molar-refractivity contribution in [3.8, 4) is 5.88 Å². The minimum atomic E-state index is -0.521. The first-order valence-electron chi connectivity index (χ1n) is 6.49. The molecule has 6 heteroatoms. The maximum atomic E-state index is 13.6. The Morgan fingerprint density at radius 2 is 1.80 bits per heavy atom. The second-order valence-corrected chi connectivity index (χ2v) is 5.70. The van der Waals surface area contributed by atoms with Crippen molar-refractivity contribution >= 4 is 13.2 Å². The molecule has 2 rings (SSSR count). The third-order valence-corrected chi connectivity index (χ3v) is 3.74. The van der Waals surface area contributed by atoms with Crippen molar-refractivity contribution in [2.24, 2.45) is 0 Å². The van der Waals surface area contributed by atoms with Crippen LogP contribution < -0.4 is 4.74 Å². The molecule has 1 aliphatic rings. The largest absolute Gasteiger partial charge is 0.487 e. The van der Waals surface area contributed by atoms with E-state index in [1.807, 2.05) is 27.7 Å². The van der Waals surface area contributed by atoms with Crippen LogP contribution in [0, 0.1) is 5.82 Å². The van der Waals surface area contributed by atoms with E-state index in [2.05, 4.69) is 4.98 Å². The van der Waals surface area contributed by atoms with E-state index in [1.165, 1.54) is 19.2 Å². The summed E-state index contributed by atoms with van der Waals surface area (Å²) in [7, 11) is 0.967. The molecule has 0 saturated carbocycles. The van der Waals surface area contributed by atoms with E-state index in [9.17, 15) is 4.39 Å². The number of halogens is 1. The van der Waals surface area contributed by atoms with E-state index in [-0.39, 0.29) is 5.69 Å². The Balaban J connectivity index is 2.15. The first-order chi connectivity index (χ1) is 9.25. The van der Waals surface area contributed by atoms with Crippen LogP contribution in [0.4, 0.5) is 4.39 Å². The Kier molecular flexibility index (Phi) is 3.89. The molecule has 20 heavy (non-hydrogen) atoms. The lowest BCUT2D eigenvalue weighted by molar-refractivity contribution is 0.00578. The van der Waals surface area contributed by atoms with Gasteiger partial charge in [-0.25, -0.2) is 9.37 Å². The number of hydrogen-bond donors (Lipinski definition) is 0. The predicted octanol–water partition coefficient (Wildman–Crippen LogP) is 2.87. The van der Waals surface area contributed by atoms with Crippen LogP contribution in [0.3, 0.4) is 0 Å². The van der Waals surface area contributed by atoms with E-state index in [4.69, 9.17) is 14.0 Å². The van der Waals surface area contributed by atoms with Gasteiger partial charge in [-0.1, -0.05) is 5.98 Å². The molecule has 2 heterocycles. The molecule has 0 bridgehead atoms. The van der Waals surface area contributed by atoms with Crippen LogP contribution >= 0.6 is 0 Å². The molecule has 1 aliphatic heterocycles. The minimum Gasteiger partial charge on any atom is -0.481 e. The third kappa shape index (κ3) is 2.86. The van der Waals surface area contributed by atoms with Gasteiger partial charge >= 0.3 is 7.12 Å². The second kappa shape index (κ2) is 5.18. The highest BCUT2D eigenvalue weighted by atomic mass is 19.1. The highest BCUT2D eigenvalue weighted by Gasteiger charge is 2.50. The molecule has 0 spiro atoms. The standard InChI is InChI=1S/C14H19BFNO3/c1-13(2)14(3,4)20-15(19-13)9-8-11-10(16)6-7-12(17-11)18-5/h6-9H,1-5H3/b9-8+. The summed E-state index contributed by atoms with van der Waals surface area (Å²) in [5.74, 6) is 1.60. The zero-order valence-electron chi connectivity index (χ0n) is 12.4. The smallest absolute Gasteiger partial charge is 0.481 e. The van der Waals surface area contributed by atoms with Gasteiger partial charge in [0, 0.05) is 6.07 Å². The highest BCUT2D eigenvalue weighted by Crippen LogP contribution is 2.37. The molecule has 0 aromatic carbocycles. The van der Waals surface area contributed by atoms with Crippen molar-refractivity contribution < 1.29 is 18.4 Å². The van der Waals surface area contributed by atoms with E-state index < -0.39 is 24.1 Å². The average molecular weight is 279 g/mol. The molecule has 0 atom stereocenters. The molecule has 1 aromatic rings. The van der Waals surface area contributed by atoms with E-state index >= 15 is 0 Å². The van der Waals surface area contributed by atoms with Gasteiger partial charge in [-0.15, -0.1) is 0 Å². The summed E-state index contributed by atoms with van der Waals surface area (Å²) in [6, 6.07) is 2.79. The van der Waals surface area contributed by atoms with E-state index in [0.717, 1.165) is 0 Å². The summed E-state index contributed by atoms with van der Waals surface area (Å²) in [5.41, 5.74) is -0.635. The quantitative estimate of drug-likeness (QED) is 0.798. The van der Waals surface area contributed by atoms with Crippen LogP contribution in [0.25, 0.3) is 6.08 Å². The van der Waals surface area contributed by atoms with Gasteiger partial charge in [-0.05, 0) is 39.8 Å². The summed E-state index contributed by atoms with van der Waals surface area (Å²) < 4.78 is 30.2. The number of pyridine rings is 1. The summed E-state index contributed by atoms with van der Waals surface area (Å²) >= 11 is 0.